The van der Waals surface area contributed by atoms with Crippen LogP contribution in [-0.2, 0) is 33.3 Å². The highest BCUT2D eigenvalue weighted by molar-refractivity contribution is 5.70. The minimum Gasteiger partial charge on any atom is -0.545 e. The number of allylic oxidation sites excluding steroid dienone is 14. The number of carboxylic acid groups (broad SMARTS) is 1. The van der Waals surface area contributed by atoms with Crippen LogP contribution in [0.25, 0.3) is 0 Å². The molecule has 0 aromatic rings. The Morgan fingerprint density at radius 3 is 1.25 bits per heavy atom. The average Bonchev–Trinajstić information content (AvgIpc) is 3.30. The van der Waals surface area contributed by atoms with E-state index in [1.54, 1.807) is 0 Å². The van der Waals surface area contributed by atoms with Gasteiger partial charge in [-0.15, -0.1) is 0 Å². The van der Waals surface area contributed by atoms with Gasteiger partial charge in [-0.2, -0.15) is 0 Å². The van der Waals surface area contributed by atoms with Gasteiger partial charge in [0.15, 0.2) is 12.4 Å². The molecule has 0 saturated carbocycles. The number of ether oxygens (including phenoxy) is 4. The number of quaternary nitrogens is 1. The van der Waals surface area contributed by atoms with Crippen LogP contribution in [0.5, 0.6) is 0 Å². The van der Waals surface area contributed by atoms with Crippen molar-refractivity contribution < 1.29 is 42.9 Å². The van der Waals surface area contributed by atoms with Crippen molar-refractivity contribution in [2.75, 3.05) is 47.5 Å². The number of carbonyl (C=O) groups is 3. The Labute approximate surface area is 417 Å². The molecule has 68 heavy (non-hydrogen) atoms. The maximum atomic E-state index is 12.8. The fraction of sp³-hybridized carbons (Fsp3) is 0.712. The van der Waals surface area contributed by atoms with Crippen LogP contribution in [0.4, 0.5) is 0 Å². The Morgan fingerprint density at radius 2 is 0.838 bits per heavy atom. The molecule has 0 aromatic carbocycles. The molecule has 0 bridgehead atoms. The zero-order chi connectivity index (χ0) is 49.9. The van der Waals surface area contributed by atoms with Crippen molar-refractivity contribution in [3.8, 4) is 0 Å². The molecule has 0 N–H and O–H groups in total. The highest BCUT2D eigenvalue weighted by atomic mass is 16.7. The molecule has 9 nitrogen and oxygen atoms in total. The Morgan fingerprint density at radius 1 is 0.456 bits per heavy atom. The molecule has 0 spiro atoms. The number of aliphatic carboxylic acids is 1. The van der Waals surface area contributed by atoms with E-state index in [4.69, 9.17) is 18.9 Å². The van der Waals surface area contributed by atoms with Crippen LogP contribution in [0.2, 0.25) is 0 Å². The number of unbranched alkanes of at least 4 members (excludes halogenated alkanes) is 20. The lowest BCUT2D eigenvalue weighted by molar-refractivity contribution is -0.870. The summed E-state index contributed by atoms with van der Waals surface area (Å²) >= 11 is 0. The maximum absolute atomic E-state index is 12.8. The second-order valence-electron chi connectivity index (χ2n) is 19.1. The van der Waals surface area contributed by atoms with Crippen LogP contribution in [0.3, 0.4) is 0 Å². The summed E-state index contributed by atoms with van der Waals surface area (Å²) in [6, 6.07) is 0. The Bertz CT molecular complexity index is 1390. The summed E-state index contributed by atoms with van der Waals surface area (Å²) in [6.45, 7) is 4.60. The van der Waals surface area contributed by atoms with Crippen molar-refractivity contribution in [1.82, 2.24) is 0 Å². The third-order valence-corrected chi connectivity index (χ3v) is 11.4. The van der Waals surface area contributed by atoms with Gasteiger partial charge in [-0.25, -0.2) is 0 Å². The highest BCUT2D eigenvalue weighted by Crippen LogP contribution is 2.15. The van der Waals surface area contributed by atoms with E-state index in [1.165, 1.54) is 96.3 Å². The number of hydrogen-bond acceptors (Lipinski definition) is 8. The molecule has 2 unspecified atom stereocenters. The topological polar surface area (TPSA) is 111 Å². The van der Waals surface area contributed by atoms with Gasteiger partial charge in [0.1, 0.15) is 13.2 Å². The number of likely N-dealkylation sites (N-methyl/N-ethyl adjacent to an activating group) is 1. The number of carbonyl (C=O) groups excluding carboxylic acids is 3. The van der Waals surface area contributed by atoms with Gasteiger partial charge >= 0.3 is 11.9 Å². The summed E-state index contributed by atoms with van der Waals surface area (Å²) in [5.41, 5.74) is 0. The molecular weight excluding hydrogens is 851 g/mol. The smallest absolute Gasteiger partial charge is 0.306 e. The van der Waals surface area contributed by atoms with Crippen molar-refractivity contribution in [3.05, 3.63) is 85.1 Å². The molecule has 390 valence electrons. The lowest BCUT2D eigenvalue weighted by atomic mass is 10.0. The van der Waals surface area contributed by atoms with Crippen LogP contribution >= 0.6 is 0 Å². The van der Waals surface area contributed by atoms with E-state index < -0.39 is 24.3 Å². The number of rotatable bonds is 49. The van der Waals surface area contributed by atoms with E-state index in [-0.39, 0.29) is 38.6 Å². The monoisotopic (exact) mass is 952 g/mol. The fourth-order valence-electron chi connectivity index (χ4n) is 7.22. The van der Waals surface area contributed by atoms with Gasteiger partial charge in [0, 0.05) is 12.8 Å². The summed E-state index contributed by atoms with van der Waals surface area (Å²) < 4.78 is 22.6. The van der Waals surface area contributed by atoms with Crippen molar-refractivity contribution in [2.45, 2.75) is 225 Å². The molecule has 0 aliphatic carbocycles. The largest absolute Gasteiger partial charge is 0.545 e. The minimum absolute atomic E-state index is 0.138. The molecule has 0 rings (SSSR count). The van der Waals surface area contributed by atoms with Crippen molar-refractivity contribution in [1.29, 1.82) is 0 Å². The van der Waals surface area contributed by atoms with E-state index in [9.17, 15) is 19.5 Å². The van der Waals surface area contributed by atoms with Crippen molar-refractivity contribution >= 4 is 17.9 Å². The van der Waals surface area contributed by atoms with Gasteiger partial charge in [0.05, 0.1) is 40.3 Å². The summed E-state index contributed by atoms with van der Waals surface area (Å²) in [6.07, 6.45) is 61.9. The molecule has 0 saturated heterocycles. The predicted octanol–water partition coefficient (Wildman–Crippen LogP) is 14.3. The average molecular weight is 952 g/mol. The van der Waals surface area contributed by atoms with E-state index in [0.717, 1.165) is 83.5 Å². The van der Waals surface area contributed by atoms with Gasteiger partial charge in [-0.05, 0) is 70.6 Å². The van der Waals surface area contributed by atoms with E-state index in [0.29, 0.717) is 17.4 Å². The summed E-state index contributed by atoms with van der Waals surface area (Å²) in [7, 11) is 5.90. The standard InChI is InChI=1S/C59H101NO8/c1-6-8-10-12-14-16-18-20-22-24-26-27-28-29-30-31-32-34-36-38-40-42-44-46-48-50-57(62)68-55(54-67-59(58(63)64)65-52-51-60(3,4)5)53-66-56(61)49-47-45-43-41-39-37-35-33-25-23-21-19-17-15-13-11-9-7-2/h8,10,14,16,20,22,26-27,29-30,32,34,38,40,55,59H,6-7,9,11-13,15,17-19,21,23-25,28,31,33,35-37,39,41-54H2,1-5H3/b10-8-,16-14-,22-20-,27-26-,30-29-,34-32-,40-38-. The first-order valence-corrected chi connectivity index (χ1v) is 27.2. The van der Waals surface area contributed by atoms with Gasteiger partial charge in [0.2, 0.25) is 0 Å². The highest BCUT2D eigenvalue weighted by Gasteiger charge is 2.22. The summed E-state index contributed by atoms with van der Waals surface area (Å²) in [5.74, 6) is -2.33. The van der Waals surface area contributed by atoms with Gasteiger partial charge in [-0.3, -0.25) is 9.59 Å². The van der Waals surface area contributed by atoms with Gasteiger partial charge in [-0.1, -0.05) is 214 Å². The van der Waals surface area contributed by atoms with Crippen molar-refractivity contribution in [2.24, 2.45) is 0 Å². The molecule has 0 aliphatic heterocycles. The first kappa shape index (κ1) is 64.5. The van der Waals surface area contributed by atoms with Gasteiger partial charge in [0.25, 0.3) is 0 Å². The first-order valence-electron chi connectivity index (χ1n) is 27.2. The fourth-order valence-corrected chi connectivity index (χ4v) is 7.22. The van der Waals surface area contributed by atoms with E-state index in [1.807, 2.05) is 21.1 Å². The molecule has 0 amide bonds. The van der Waals surface area contributed by atoms with Crippen LogP contribution in [-0.4, -0.2) is 82.3 Å². The lowest BCUT2D eigenvalue weighted by Crippen LogP contribution is -2.44. The molecule has 0 heterocycles. The lowest BCUT2D eigenvalue weighted by Gasteiger charge is -2.26. The number of esters is 2. The van der Waals surface area contributed by atoms with Crippen LogP contribution < -0.4 is 5.11 Å². The zero-order valence-electron chi connectivity index (χ0n) is 44.2. The minimum atomic E-state index is -1.63. The van der Waals surface area contributed by atoms with E-state index >= 15 is 0 Å². The van der Waals surface area contributed by atoms with Crippen molar-refractivity contribution in [3.63, 3.8) is 0 Å². The molecule has 2 atom stereocenters. The molecule has 0 fully saturated rings. The number of nitrogens with zero attached hydrogens (tertiary/aromatic N) is 1. The zero-order valence-corrected chi connectivity index (χ0v) is 44.2. The summed E-state index contributed by atoms with van der Waals surface area (Å²) in [4.78, 5) is 37.2. The third kappa shape index (κ3) is 50.3. The molecule has 0 aliphatic rings. The van der Waals surface area contributed by atoms with Crippen LogP contribution in [0.15, 0.2) is 85.1 Å². The van der Waals surface area contributed by atoms with Crippen LogP contribution in [0.1, 0.15) is 213 Å². The number of hydrogen-bond donors (Lipinski definition) is 0. The second kappa shape index (κ2) is 49.9. The number of carboxylic acids is 1. The quantitative estimate of drug-likeness (QED) is 0.0195. The Hall–Kier alpha value is -3.53. The Balaban J connectivity index is 4.39. The second-order valence-corrected chi connectivity index (χ2v) is 19.1. The molecule has 0 radical (unpaired) electrons. The maximum Gasteiger partial charge on any atom is 0.306 e. The summed E-state index contributed by atoms with van der Waals surface area (Å²) in [5, 5.41) is 11.8. The van der Waals surface area contributed by atoms with Gasteiger partial charge < -0.3 is 33.3 Å². The first-order chi connectivity index (χ1) is 33.1. The Kier molecular flexibility index (Phi) is 47.3. The molecule has 0 aromatic heterocycles. The molecular formula is C59H101NO8. The normalized spacial score (nSPS) is 13.5. The van der Waals surface area contributed by atoms with Crippen LogP contribution in [0, 0.1) is 0 Å². The predicted molar refractivity (Wildman–Crippen MR) is 283 cm³/mol. The third-order valence-electron chi connectivity index (χ3n) is 11.4. The SMILES string of the molecule is CC/C=C\C/C=C\C/C=C\C/C=C\C/C=C\C/C=C\C/C=C\CCCCCC(=O)OC(COC(=O)CCCCCCCCCCCCCCCCCCCC)COC(OCC[N+](C)(C)C)C(=O)[O-]. The van der Waals surface area contributed by atoms with E-state index in [2.05, 4.69) is 98.9 Å². The molecule has 9 heteroatoms.